The minimum Gasteiger partial charge on any atom is -0.504 e. The minimum atomic E-state index is -0.436. The zero-order valence-electron chi connectivity index (χ0n) is 11.4. The van der Waals surface area contributed by atoms with Crippen LogP contribution in [0.1, 0.15) is 44.6 Å². The van der Waals surface area contributed by atoms with Gasteiger partial charge >= 0.3 is 0 Å². The second-order valence-electron chi connectivity index (χ2n) is 5.63. The molecule has 4 N–H and O–H groups in total. The highest BCUT2D eigenvalue weighted by Gasteiger charge is 2.17. The molecule has 1 aliphatic carbocycles. The average molecular weight is 265 g/mol. The second-order valence-corrected chi connectivity index (χ2v) is 5.63. The third-order valence-electron chi connectivity index (χ3n) is 4.05. The molecule has 1 saturated carbocycles. The van der Waals surface area contributed by atoms with Crippen molar-refractivity contribution in [2.45, 2.75) is 51.6 Å². The van der Waals surface area contributed by atoms with E-state index in [2.05, 4.69) is 12.2 Å². The van der Waals surface area contributed by atoms with Gasteiger partial charge in [0.05, 0.1) is 0 Å². The molecule has 4 heteroatoms. The third-order valence-corrected chi connectivity index (χ3v) is 4.05. The lowest BCUT2D eigenvalue weighted by Gasteiger charge is -2.17. The number of phenolic OH excluding ortho intramolecular Hbond substituents is 3. The van der Waals surface area contributed by atoms with Gasteiger partial charge in [-0.1, -0.05) is 25.8 Å². The van der Waals surface area contributed by atoms with E-state index in [1.165, 1.54) is 25.3 Å². The molecule has 0 amide bonds. The van der Waals surface area contributed by atoms with E-state index in [0.29, 0.717) is 18.2 Å². The molecule has 0 bridgehead atoms. The predicted molar refractivity (Wildman–Crippen MR) is 74.3 cm³/mol. The van der Waals surface area contributed by atoms with Crippen LogP contribution in [0.5, 0.6) is 17.2 Å². The molecule has 0 spiro atoms. The van der Waals surface area contributed by atoms with E-state index < -0.39 is 5.75 Å². The molecule has 106 valence electrons. The van der Waals surface area contributed by atoms with Gasteiger partial charge in [0, 0.05) is 18.2 Å². The Labute approximate surface area is 114 Å². The lowest BCUT2D eigenvalue weighted by Crippen LogP contribution is -2.27. The van der Waals surface area contributed by atoms with Crippen molar-refractivity contribution in [1.82, 2.24) is 5.32 Å². The number of benzene rings is 1. The normalized spacial score (nSPS) is 24.1. The lowest BCUT2D eigenvalue weighted by molar-refractivity contribution is 0.362. The van der Waals surface area contributed by atoms with E-state index in [1.54, 1.807) is 6.07 Å². The monoisotopic (exact) mass is 265 g/mol. The molecule has 2 unspecified atom stereocenters. The van der Waals surface area contributed by atoms with Crippen LogP contribution in [0, 0.1) is 5.92 Å². The summed E-state index contributed by atoms with van der Waals surface area (Å²) < 4.78 is 0. The number of hydrogen-bond donors (Lipinski definition) is 4. The number of rotatable bonds is 3. The number of aromatic hydroxyl groups is 3. The molecule has 0 aromatic heterocycles. The average Bonchev–Trinajstić information content (AvgIpc) is 2.60. The topological polar surface area (TPSA) is 72.7 Å². The quantitative estimate of drug-likeness (QED) is 0.501. The summed E-state index contributed by atoms with van der Waals surface area (Å²) in [4.78, 5) is 0. The van der Waals surface area contributed by atoms with Crippen LogP contribution < -0.4 is 5.32 Å². The Hall–Kier alpha value is -1.42. The van der Waals surface area contributed by atoms with Crippen LogP contribution in [-0.4, -0.2) is 21.4 Å². The van der Waals surface area contributed by atoms with Crippen molar-refractivity contribution in [2.24, 2.45) is 5.92 Å². The maximum absolute atomic E-state index is 9.76. The Morgan fingerprint density at radius 1 is 1.05 bits per heavy atom. The van der Waals surface area contributed by atoms with E-state index in [-0.39, 0.29) is 11.5 Å². The zero-order chi connectivity index (χ0) is 13.8. The first-order valence-electron chi connectivity index (χ1n) is 7.04. The maximum Gasteiger partial charge on any atom is 0.200 e. The minimum absolute atomic E-state index is 0.227. The molecule has 2 rings (SSSR count). The third kappa shape index (κ3) is 3.53. The molecule has 0 aliphatic heterocycles. The van der Waals surface area contributed by atoms with Gasteiger partial charge in [0.15, 0.2) is 11.5 Å². The van der Waals surface area contributed by atoms with Crippen LogP contribution in [0.3, 0.4) is 0 Å². The molecule has 4 nitrogen and oxygen atoms in total. The summed E-state index contributed by atoms with van der Waals surface area (Å²) in [5, 5.41) is 31.9. The van der Waals surface area contributed by atoms with Gasteiger partial charge in [0.25, 0.3) is 0 Å². The van der Waals surface area contributed by atoms with Gasteiger partial charge in [0.1, 0.15) is 0 Å². The van der Waals surface area contributed by atoms with Crippen molar-refractivity contribution in [3.63, 3.8) is 0 Å². The summed E-state index contributed by atoms with van der Waals surface area (Å²) in [6.07, 6.45) is 6.10. The van der Waals surface area contributed by atoms with Crippen LogP contribution in [0.25, 0.3) is 0 Å². The molecule has 1 fully saturated rings. The van der Waals surface area contributed by atoms with Gasteiger partial charge in [0.2, 0.25) is 5.75 Å². The maximum atomic E-state index is 9.76. The van der Waals surface area contributed by atoms with Crippen molar-refractivity contribution >= 4 is 0 Å². The molecule has 0 saturated heterocycles. The lowest BCUT2D eigenvalue weighted by atomic mass is 10.0. The van der Waals surface area contributed by atoms with Gasteiger partial charge in [-0.15, -0.1) is 0 Å². The zero-order valence-corrected chi connectivity index (χ0v) is 11.4. The molecule has 1 aromatic carbocycles. The van der Waals surface area contributed by atoms with E-state index in [0.717, 1.165) is 18.8 Å². The Balaban J connectivity index is 1.93. The molecule has 0 radical (unpaired) electrons. The van der Waals surface area contributed by atoms with Gasteiger partial charge in [-0.3, -0.25) is 0 Å². The Bertz CT molecular complexity index is 434. The summed E-state index contributed by atoms with van der Waals surface area (Å²) in [7, 11) is 0. The van der Waals surface area contributed by atoms with Crippen LogP contribution in [0.4, 0.5) is 0 Å². The predicted octanol–water partition coefficient (Wildman–Crippen LogP) is 2.86. The summed E-state index contributed by atoms with van der Waals surface area (Å²) in [6.45, 7) is 2.81. The van der Waals surface area contributed by atoms with Gasteiger partial charge in [-0.25, -0.2) is 0 Å². The SMILES string of the molecule is CC1CCCC(NCc2ccc(O)c(O)c2O)CC1. The van der Waals surface area contributed by atoms with Crippen molar-refractivity contribution in [2.75, 3.05) is 0 Å². The molecular formula is C15H23NO3. The Morgan fingerprint density at radius 2 is 1.84 bits per heavy atom. The van der Waals surface area contributed by atoms with Crippen molar-refractivity contribution in [1.29, 1.82) is 0 Å². The molecule has 1 aliphatic rings. The van der Waals surface area contributed by atoms with Crippen LogP contribution in [0.2, 0.25) is 0 Å². The van der Waals surface area contributed by atoms with Gasteiger partial charge in [-0.2, -0.15) is 0 Å². The summed E-state index contributed by atoms with van der Waals surface area (Å²) in [6, 6.07) is 3.51. The molecule has 1 aromatic rings. The second kappa shape index (κ2) is 6.15. The molecule has 0 heterocycles. The highest BCUT2D eigenvalue weighted by atomic mass is 16.3. The summed E-state index contributed by atoms with van der Waals surface area (Å²) >= 11 is 0. The van der Waals surface area contributed by atoms with E-state index in [1.807, 2.05) is 0 Å². The number of nitrogens with one attached hydrogen (secondary N) is 1. The molecule has 19 heavy (non-hydrogen) atoms. The van der Waals surface area contributed by atoms with E-state index >= 15 is 0 Å². The summed E-state index contributed by atoms with van der Waals surface area (Å²) in [5.41, 5.74) is 0.618. The van der Waals surface area contributed by atoms with Crippen LogP contribution >= 0.6 is 0 Å². The summed E-state index contributed by atoms with van der Waals surface area (Å²) in [5.74, 6) is -0.147. The standard InChI is InChI=1S/C15H23NO3/c1-10-3-2-4-12(7-5-10)16-9-11-6-8-13(17)15(19)14(11)18/h6,8,10,12,16-19H,2-5,7,9H2,1H3. The van der Waals surface area contributed by atoms with Crippen molar-refractivity contribution in [3.8, 4) is 17.2 Å². The fourth-order valence-electron chi connectivity index (χ4n) is 2.70. The largest absolute Gasteiger partial charge is 0.504 e. The smallest absolute Gasteiger partial charge is 0.200 e. The highest BCUT2D eigenvalue weighted by Crippen LogP contribution is 2.37. The fraction of sp³-hybridized carbons (Fsp3) is 0.600. The first kappa shape index (κ1) is 14.0. The number of hydrogen-bond acceptors (Lipinski definition) is 4. The van der Waals surface area contributed by atoms with Crippen molar-refractivity contribution < 1.29 is 15.3 Å². The van der Waals surface area contributed by atoms with Crippen molar-refractivity contribution in [3.05, 3.63) is 17.7 Å². The first-order valence-corrected chi connectivity index (χ1v) is 7.04. The van der Waals surface area contributed by atoms with Gasteiger partial charge in [-0.05, 0) is 31.2 Å². The van der Waals surface area contributed by atoms with Gasteiger partial charge < -0.3 is 20.6 Å². The van der Waals surface area contributed by atoms with E-state index in [4.69, 9.17) is 0 Å². The van der Waals surface area contributed by atoms with Crippen LogP contribution in [-0.2, 0) is 6.54 Å². The fourth-order valence-corrected chi connectivity index (χ4v) is 2.70. The number of phenols is 3. The highest BCUT2D eigenvalue weighted by molar-refractivity contribution is 5.52. The molecular weight excluding hydrogens is 242 g/mol. The Morgan fingerprint density at radius 3 is 2.63 bits per heavy atom. The molecule has 2 atom stereocenters. The van der Waals surface area contributed by atoms with E-state index in [9.17, 15) is 15.3 Å². The van der Waals surface area contributed by atoms with Crippen LogP contribution in [0.15, 0.2) is 12.1 Å². The first-order chi connectivity index (χ1) is 9.08. The Kier molecular flexibility index (Phi) is 4.53.